The molecule has 0 bridgehead atoms. The summed E-state index contributed by atoms with van der Waals surface area (Å²) in [6.07, 6.45) is 8.79. The number of aromatic nitrogens is 1. The second kappa shape index (κ2) is 6.84. The van der Waals surface area contributed by atoms with E-state index in [9.17, 15) is 4.79 Å². The van der Waals surface area contributed by atoms with Gasteiger partial charge in [0.1, 0.15) is 5.76 Å². The lowest BCUT2D eigenvalue weighted by molar-refractivity contribution is -0.128. The van der Waals surface area contributed by atoms with E-state index >= 15 is 0 Å². The molecule has 0 saturated carbocycles. The summed E-state index contributed by atoms with van der Waals surface area (Å²) in [5.74, 6) is 1.53. The fourth-order valence-electron chi connectivity index (χ4n) is 4.15. The van der Waals surface area contributed by atoms with Crippen molar-refractivity contribution in [3.05, 3.63) is 11.3 Å². The Morgan fingerprint density at radius 2 is 2.04 bits per heavy atom. The third kappa shape index (κ3) is 3.35. The van der Waals surface area contributed by atoms with Crippen LogP contribution in [0.4, 0.5) is 5.82 Å². The first-order valence-corrected chi connectivity index (χ1v) is 9.21. The predicted octanol–water partition coefficient (Wildman–Crippen LogP) is 2.86. The van der Waals surface area contributed by atoms with Gasteiger partial charge in [-0.15, -0.1) is 0 Å². The average Bonchev–Trinajstić information content (AvgIpc) is 3.01. The van der Waals surface area contributed by atoms with Crippen molar-refractivity contribution in [3.63, 3.8) is 0 Å². The van der Waals surface area contributed by atoms with Crippen molar-refractivity contribution >= 4 is 11.7 Å². The van der Waals surface area contributed by atoms with E-state index in [0.717, 1.165) is 82.5 Å². The maximum atomic E-state index is 12.3. The maximum absolute atomic E-state index is 12.3. The van der Waals surface area contributed by atoms with Crippen LogP contribution in [0.1, 0.15) is 56.3 Å². The normalized spacial score (nSPS) is 26.1. The number of hydrogen-bond donors (Lipinski definition) is 1. The molecule has 1 atom stereocenters. The fourth-order valence-corrected chi connectivity index (χ4v) is 4.15. The van der Waals surface area contributed by atoms with Crippen molar-refractivity contribution in [3.8, 4) is 0 Å². The largest absolute Gasteiger partial charge is 0.381 e. The molecule has 1 spiro atoms. The molecule has 2 saturated heterocycles. The Bertz CT molecular complexity index is 582. The van der Waals surface area contributed by atoms with Crippen LogP contribution in [-0.4, -0.2) is 37.0 Å². The molecule has 3 aliphatic rings. The smallest absolute Gasteiger partial charge is 0.228 e. The molecule has 1 aliphatic carbocycles. The summed E-state index contributed by atoms with van der Waals surface area (Å²) in [6.45, 7) is 2.44. The highest BCUT2D eigenvalue weighted by Crippen LogP contribution is 2.40. The van der Waals surface area contributed by atoms with E-state index < -0.39 is 0 Å². The highest BCUT2D eigenvalue weighted by Gasteiger charge is 2.38. The topological polar surface area (TPSA) is 73.6 Å². The van der Waals surface area contributed by atoms with Gasteiger partial charge >= 0.3 is 0 Å². The second-order valence-electron chi connectivity index (χ2n) is 7.48. The molecule has 1 amide bonds. The van der Waals surface area contributed by atoms with Gasteiger partial charge in [0.2, 0.25) is 5.91 Å². The highest BCUT2D eigenvalue weighted by atomic mass is 16.5. The van der Waals surface area contributed by atoms with E-state index in [1.807, 2.05) is 0 Å². The summed E-state index contributed by atoms with van der Waals surface area (Å²) in [4.78, 5) is 12.3. The summed E-state index contributed by atoms with van der Waals surface area (Å²) in [5.41, 5.74) is 1.37. The van der Waals surface area contributed by atoms with E-state index in [0.29, 0.717) is 12.2 Å². The summed E-state index contributed by atoms with van der Waals surface area (Å²) in [7, 11) is 0. The molecule has 2 aliphatic heterocycles. The number of fused-ring (bicyclic) bond motifs is 1. The molecule has 2 fully saturated rings. The minimum Gasteiger partial charge on any atom is -0.381 e. The second-order valence-corrected chi connectivity index (χ2v) is 7.48. The van der Waals surface area contributed by atoms with Crippen LogP contribution >= 0.6 is 0 Å². The Morgan fingerprint density at radius 1 is 1.21 bits per heavy atom. The number of rotatable bonds is 3. The number of carbonyl (C=O) groups excluding carboxylic acids is 1. The Labute approximate surface area is 142 Å². The van der Waals surface area contributed by atoms with Crippen LogP contribution < -0.4 is 5.32 Å². The predicted molar refractivity (Wildman–Crippen MR) is 87.9 cm³/mol. The van der Waals surface area contributed by atoms with E-state index in [-0.39, 0.29) is 17.4 Å². The Balaban J connectivity index is 1.29. The van der Waals surface area contributed by atoms with Crippen molar-refractivity contribution in [2.45, 2.75) is 63.9 Å². The minimum atomic E-state index is -0.0235. The van der Waals surface area contributed by atoms with Gasteiger partial charge in [0.15, 0.2) is 5.82 Å². The third-order valence-corrected chi connectivity index (χ3v) is 5.80. The molecule has 24 heavy (non-hydrogen) atoms. The van der Waals surface area contributed by atoms with Crippen LogP contribution in [0.15, 0.2) is 4.52 Å². The zero-order valence-corrected chi connectivity index (χ0v) is 14.1. The molecule has 1 N–H and O–H groups in total. The zero-order valence-electron chi connectivity index (χ0n) is 14.1. The van der Waals surface area contributed by atoms with Gasteiger partial charge in [0, 0.05) is 25.2 Å². The molecule has 6 nitrogen and oxygen atoms in total. The van der Waals surface area contributed by atoms with Crippen LogP contribution in [0.5, 0.6) is 0 Å². The summed E-state index contributed by atoms with van der Waals surface area (Å²) in [6, 6.07) is 0. The lowest BCUT2D eigenvalue weighted by Crippen LogP contribution is -2.41. The molecular formula is C18H26N2O4. The van der Waals surface area contributed by atoms with Gasteiger partial charge in [-0.3, -0.25) is 4.79 Å². The first-order valence-electron chi connectivity index (χ1n) is 9.21. The number of carbonyl (C=O) groups is 1. The third-order valence-electron chi connectivity index (χ3n) is 5.80. The molecule has 6 heteroatoms. The van der Waals surface area contributed by atoms with E-state index in [1.54, 1.807) is 0 Å². The maximum Gasteiger partial charge on any atom is 0.228 e. The molecule has 1 aromatic heterocycles. The number of amides is 1. The molecule has 132 valence electrons. The lowest BCUT2D eigenvalue weighted by Gasteiger charge is -2.42. The fraction of sp³-hybridized carbons (Fsp3) is 0.778. The number of anilines is 1. The van der Waals surface area contributed by atoms with Crippen LogP contribution in [-0.2, 0) is 27.1 Å². The van der Waals surface area contributed by atoms with Gasteiger partial charge in [0.25, 0.3) is 0 Å². The number of hydrogen-bond acceptors (Lipinski definition) is 5. The van der Waals surface area contributed by atoms with Gasteiger partial charge in [-0.2, -0.15) is 0 Å². The highest BCUT2D eigenvalue weighted by molar-refractivity contribution is 5.90. The molecule has 0 aromatic carbocycles. The van der Waals surface area contributed by atoms with Crippen LogP contribution in [0.3, 0.4) is 0 Å². The number of aryl methyl sites for hydroxylation is 1. The van der Waals surface area contributed by atoms with Crippen molar-refractivity contribution in [1.29, 1.82) is 0 Å². The number of nitrogens with one attached hydrogen (secondary N) is 1. The Morgan fingerprint density at radius 3 is 2.83 bits per heavy atom. The first kappa shape index (κ1) is 16.1. The van der Waals surface area contributed by atoms with Crippen molar-refractivity contribution in [2.24, 2.45) is 5.41 Å². The molecule has 4 rings (SSSR count). The van der Waals surface area contributed by atoms with Crippen LogP contribution in [0.25, 0.3) is 0 Å². The molecule has 3 heterocycles. The van der Waals surface area contributed by atoms with Crippen molar-refractivity contribution < 1.29 is 18.8 Å². The van der Waals surface area contributed by atoms with E-state index in [4.69, 9.17) is 14.0 Å². The SMILES string of the molecule is O=C(CC1CCC2(CCOCC2)CO1)Nc1noc2c1CCCC2. The summed E-state index contributed by atoms with van der Waals surface area (Å²) >= 11 is 0. The van der Waals surface area contributed by atoms with E-state index in [2.05, 4.69) is 10.5 Å². The standard InChI is InChI=1S/C18H26N2O4/c21-16(19-17-14-3-1-2-4-15(14)24-20-17)11-13-5-6-18(12-23-13)7-9-22-10-8-18/h13H,1-12H2,(H,19,20,21). The minimum absolute atomic E-state index is 0.0150. The van der Waals surface area contributed by atoms with Gasteiger partial charge in [0.05, 0.1) is 19.1 Å². The van der Waals surface area contributed by atoms with Gasteiger partial charge < -0.3 is 19.3 Å². The van der Waals surface area contributed by atoms with Gasteiger partial charge in [-0.25, -0.2) is 0 Å². The Kier molecular flexibility index (Phi) is 4.59. The van der Waals surface area contributed by atoms with Crippen LogP contribution in [0.2, 0.25) is 0 Å². The Hall–Kier alpha value is -1.40. The van der Waals surface area contributed by atoms with Crippen molar-refractivity contribution in [1.82, 2.24) is 5.16 Å². The van der Waals surface area contributed by atoms with Gasteiger partial charge in [-0.05, 0) is 50.4 Å². The number of ether oxygens (including phenoxy) is 2. The number of nitrogens with zero attached hydrogens (tertiary/aromatic N) is 1. The van der Waals surface area contributed by atoms with Gasteiger partial charge in [-0.1, -0.05) is 5.16 Å². The zero-order chi connectivity index (χ0) is 16.4. The average molecular weight is 334 g/mol. The van der Waals surface area contributed by atoms with E-state index in [1.165, 1.54) is 0 Å². The first-order chi connectivity index (χ1) is 11.7. The van der Waals surface area contributed by atoms with Crippen LogP contribution in [0, 0.1) is 5.41 Å². The van der Waals surface area contributed by atoms with Crippen molar-refractivity contribution in [2.75, 3.05) is 25.1 Å². The monoisotopic (exact) mass is 334 g/mol. The summed E-state index contributed by atoms with van der Waals surface area (Å²) in [5, 5.41) is 6.96. The molecule has 0 radical (unpaired) electrons. The molecular weight excluding hydrogens is 308 g/mol. The summed E-state index contributed by atoms with van der Waals surface area (Å²) < 4.78 is 16.8. The lowest BCUT2D eigenvalue weighted by atomic mass is 9.75. The quantitative estimate of drug-likeness (QED) is 0.920. The molecule has 1 aromatic rings. The molecule has 1 unspecified atom stereocenters.